The highest BCUT2D eigenvalue weighted by atomic mass is 127. The van der Waals surface area contributed by atoms with Gasteiger partial charge in [0.1, 0.15) is 18.2 Å². The quantitative estimate of drug-likeness (QED) is 0.236. The minimum Gasteiger partial charge on any atom is -0.461 e. The van der Waals surface area contributed by atoms with Crippen LogP contribution in [0.1, 0.15) is 31.2 Å². The van der Waals surface area contributed by atoms with Crippen molar-refractivity contribution in [1.29, 1.82) is 0 Å². The van der Waals surface area contributed by atoms with Crippen LogP contribution in [0.25, 0.3) is 11.6 Å². The standard InChI is InChI=1S/C22H28FN7O.HI/c1-2-24-22(25-14-20-27-21(29-28-20)19-4-3-13-31-19)26-18-9-11-30(12-10-18)15-16-5-7-17(23)8-6-16;/h3-8,13,18H,2,9-12,14-15H2,1H3,(H2,24,25,26)(H,27,28,29);1H. The third-order valence-electron chi connectivity index (χ3n) is 5.25. The summed E-state index contributed by atoms with van der Waals surface area (Å²) in [6, 6.07) is 10.7. The van der Waals surface area contributed by atoms with E-state index in [0.29, 0.717) is 30.0 Å². The van der Waals surface area contributed by atoms with Gasteiger partial charge in [-0.3, -0.25) is 10.00 Å². The molecule has 0 aliphatic carbocycles. The van der Waals surface area contributed by atoms with Crippen LogP contribution in [0.4, 0.5) is 4.39 Å². The Morgan fingerprint density at radius 1 is 1.25 bits per heavy atom. The predicted molar refractivity (Wildman–Crippen MR) is 132 cm³/mol. The largest absolute Gasteiger partial charge is 0.461 e. The molecule has 0 spiro atoms. The van der Waals surface area contributed by atoms with Gasteiger partial charge in [0.2, 0.25) is 5.82 Å². The second-order valence-corrected chi connectivity index (χ2v) is 7.60. The number of hydrogen-bond donors (Lipinski definition) is 3. The molecule has 2 aromatic heterocycles. The number of halogens is 2. The number of furan rings is 1. The molecule has 0 radical (unpaired) electrons. The second-order valence-electron chi connectivity index (χ2n) is 7.60. The lowest BCUT2D eigenvalue weighted by molar-refractivity contribution is 0.198. The number of benzene rings is 1. The zero-order valence-corrected chi connectivity index (χ0v) is 20.4. The third kappa shape index (κ3) is 6.76. The summed E-state index contributed by atoms with van der Waals surface area (Å²) < 4.78 is 18.4. The van der Waals surface area contributed by atoms with Crippen molar-refractivity contribution < 1.29 is 8.81 Å². The zero-order valence-electron chi connectivity index (χ0n) is 18.1. The number of likely N-dealkylation sites (tertiary alicyclic amines) is 1. The van der Waals surface area contributed by atoms with Crippen LogP contribution in [0.3, 0.4) is 0 Å². The van der Waals surface area contributed by atoms with Crippen molar-refractivity contribution in [2.24, 2.45) is 4.99 Å². The lowest BCUT2D eigenvalue weighted by atomic mass is 10.0. The molecule has 0 saturated carbocycles. The van der Waals surface area contributed by atoms with Crippen LogP contribution in [-0.4, -0.2) is 51.7 Å². The third-order valence-corrected chi connectivity index (χ3v) is 5.25. The summed E-state index contributed by atoms with van der Waals surface area (Å²) in [5, 5.41) is 13.9. The van der Waals surface area contributed by atoms with Crippen LogP contribution >= 0.6 is 24.0 Å². The minimum absolute atomic E-state index is 0. The number of aliphatic imine (C=N–C) groups is 1. The van der Waals surface area contributed by atoms with Crippen LogP contribution in [0.2, 0.25) is 0 Å². The van der Waals surface area contributed by atoms with E-state index in [9.17, 15) is 4.39 Å². The summed E-state index contributed by atoms with van der Waals surface area (Å²) in [6.07, 6.45) is 3.65. The molecule has 0 bridgehead atoms. The summed E-state index contributed by atoms with van der Waals surface area (Å²) in [4.78, 5) is 11.5. The van der Waals surface area contributed by atoms with Gasteiger partial charge in [0, 0.05) is 32.2 Å². The number of rotatable bonds is 7. The molecule has 3 aromatic rings. The molecule has 172 valence electrons. The van der Waals surface area contributed by atoms with Gasteiger partial charge in [-0.2, -0.15) is 0 Å². The summed E-state index contributed by atoms with van der Waals surface area (Å²) >= 11 is 0. The van der Waals surface area contributed by atoms with Gasteiger partial charge in [-0.05, 0) is 49.6 Å². The fourth-order valence-corrected chi connectivity index (χ4v) is 3.63. The first-order chi connectivity index (χ1) is 15.2. The van der Waals surface area contributed by atoms with Gasteiger partial charge < -0.3 is 15.1 Å². The molecule has 3 heterocycles. The molecule has 0 atom stereocenters. The van der Waals surface area contributed by atoms with Crippen LogP contribution in [0, 0.1) is 5.82 Å². The van der Waals surface area contributed by atoms with Crippen molar-refractivity contribution in [3.8, 4) is 11.6 Å². The van der Waals surface area contributed by atoms with Crippen LogP contribution < -0.4 is 10.6 Å². The molecule has 0 amide bonds. The van der Waals surface area contributed by atoms with Gasteiger partial charge >= 0.3 is 0 Å². The molecule has 1 aliphatic heterocycles. The SMILES string of the molecule is CCNC(=NCc1nc(-c2ccco2)n[nH]1)NC1CCN(Cc2ccc(F)cc2)CC1.I. The molecule has 32 heavy (non-hydrogen) atoms. The van der Waals surface area contributed by atoms with Crippen molar-refractivity contribution in [3.05, 3.63) is 59.9 Å². The van der Waals surface area contributed by atoms with E-state index in [2.05, 4.69) is 35.7 Å². The molecule has 3 N–H and O–H groups in total. The Kier molecular flexibility index (Phi) is 9.03. The van der Waals surface area contributed by atoms with E-state index in [0.717, 1.165) is 50.5 Å². The lowest BCUT2D eigenvalue weighted by Gasteiger charge is -2.33. The summed E-state index contributed by atoms with van der Waals surface area (Å²) in [6.45, 7) is 6.05. The number of nitrogens with one attached hydrogen (secondary N) is 3. The van der Waals surface area contributed by atoms with Crippen molar-refractivity contribution in [2.45, 2.75) is 38.9 Å². The molecular formula is C22H29FIN7O. The maximum absolute atomic E-state index is 13.1. The van der Waals surface area contributed by atoms with Crippen LogP contribution in [0.5, 0.6) is 0 Å². The summed E-state index contributed by atoms with van der Waals surface area (Å²) in [5.74, 6) is 2.42. The van der Waals surface area contributed by atoms with Crippen molar-refractivity contribution >= 4 is 29.9 Å². The molecule has 1 aliphatic rings. The minimum atomic E-state index is -0.190. The maximum atomic E-state index is 13.1. The molecule has 1 aromatic carbocycles. The first kappa shape index (κ1) is 24.2. The van der Waals surface area contributed by atoms with E-state index in [4.69, 9.17) is 4.42 Å². The zero-order chi connectivity index (χ0) is 21.5. The van der Waals surface area contributed by atoms with E-state index in [1.165, 1.54) is 12.1 Å². The molecule has 8 nitrogen and oxygen atoms in total. The van der Waals surface area contributed by atoms with Gasteiger partial charge in [0.25, 0.3) is 0 Å². The average molecular weight is 553 g/mol. The normalized spacial score (nSPS) is 15.4. The monoisotopic (exact) mass is 553 g/mol. The van der Waals surface area contributed by atoms with Crippen molar-refractivity contribution in [3.63, 3.8) is 0 Å². The Bertz CT molecular complexity index is 967. The van der Waals surface area contributed by atoms with Gasteiger partial charge in [-0.15, -0.1) is 29.1 Å². The van der Waals surface area contributed by atoms with Gasteiger partial charge in [0.05, 0.1) is 6.26 Å². The molecule has 1 fully saturated rings. The Morgan fingerprint density at radius 3 is 2.72 bits per heavy atom. The van der Waals surface area contributed by atoms with Gasteiger partial charge in [0.15, 0.2) is 11.7 Å². The first-order valence-corrected chi connectivity index (χ1v) is 10.7. The first-order valence-electron chi connectivity index (χ1n) is 10.7. The Morgan fingerprint density at radius 2 is 2.03 bits per heavy atom. The highest BCUT2D eigenvalue weighted by Crippen LogP contribution is 2.16. The predicted octanol–water partition coefficient (Wildman–Crippen LogP) is 3.54. The Balaban J connectivity index is 0.00000289. The molecule has 0 unspecified atom stereocenters. The van der Waals surface area contributed by atoms with Gasteiger partial charge in [-0.25, -0.2) is 14.4 Å². The summed E-state index contributed by atoms with van der Waals surface area (Å²) in [5.41, 5.74) is 1.14. The number of guanidine groups is 1. The molecular weight excluding hydrogens is 524 g/mol. The fourth-order valence-electron chi connectivity index (χ4n) is 3.63. The Labute approximate surface area is 204 Å². The van der Waals surface area contributed by atoms with Crippen LogP contribution in [0.15, 0.2) is 52.1 Å². The smallest absolute Gasteiger partial charge is 0.216 e. The van der Waals surface area contributed by atoms with Gasteiger partial charge in [-0.1, -0.05) is 12.1 Å². The van der Waals surface area contributed by atoms with E-state index < -0.39 is 0 Å². The van der Waals surface area contributed by atoms with E-state index in [-0.39, 0.29) is 29.8 Å². The number of nitrogens with zero attached hydrogens (tertiary/aromatic N) is 4. The summed E-state index contributed by atoms with van der Waals surface area (Å²) in [7, 11) is 0. The maximum Gasteiger partial charge on any atom is 0.216 e. The van der Waals surface area contributed by atoms with Crippen LogP contribution in [-0.2, 0) is 13.1 Å². The number of aromatic amines is 1. The lowest BCUT2D eigenvalue weighted by Crippen LogP contribution is -2.48. The number of piperidine rings is 1. The number of aromatic nitrogens is 3. The fraction of sp³-hybridized carbons (Fsp3) is 0.409. The highest BCUT2D eigenvalue weighted by molar-refractivity contribution is 14.0. The van der Waals surface area contributed by atoms with E-state index in [1.54, 1.807) is 6.26 Å². The van der Waals surface area contributed by atoms with E-state index in [1.807, 2.05) is 31.2 Å². The van der Waals surface area contributed by atoms with Crippen molar-refractivity contribution in [1.82, 2.24) is 30.7 Å². The van der Waals surface area contributed by atoms with E-state index >= 15 is 0 Å². The number of H-pyrrole nitrogens is 1. The molecule has 4 rings (SSSR count). The van der Waals surface area contributed by atoms with Crippen molar-refractivity contribution in [2.75, 3.05) is 19.6 Å². The molecule has 1 saturated heterocycles. The molecule has 10 heteroatoms. The topological polar surface area (TPSA) is 94.4 Å². The Hall–Kier alpha value is -2.47. The average Bonchev–Trinajstić information content (AvgIpc) is 3.47. The number of hydrogen-bond acceptors (Lipinski definition) is 5. The highest BCUT2D eigenvalue weighted by Gasteiger charge is 2.20. The second kappa shape index (κ2) is 12.0.